The summed E-state index contributed by atoms with van der Waals surface area (Å²) in [6, 6.07) is -0.674. The van der Waals surface area contributed by atoms with Crippen molar-refractivity contribution < 1.29 is 4.74 Å². The second-order valence-electron chi connectivity index (χ2n) is 2.08. The van der Waals surface area contributed by atoms with Gasteiger partial charge in [-0.25, -0.2) is 0 Å². The molecule has 1 aliphatic heterocycles. The number of hydrogen-bond donors (Lipinski definition) is 0. The van der Waals surface area contributed by atoms with Crippen molar-refractivity contribution in [1.82, 2.24) is 0 Å². The first-order valence-electron chi connectivity index (χ1n) is 3.04. The van der Waals surface area contributed by atoms with Gasteiger partial charge in [0.25, 0.3) is 0 Å². The molecule has 0 unspecified atom stereocenters. The summed E-state index contributed by atoms with van der Waals surface area (Å²) in [7, 11) is 0. The van der Waals surface area contributed by atoms with Crippen LogP contribution in [0.5, 0.6) is 0 Å². The molecule has 1 saturated heterocycles. The van der Waals surface area contributed by atoms with Gasteiger partial charge in [0.15, 0.2) is 0 Å². The van der Waals surface area contributed by atoms with E-state index in [1.807, 2.05) is 0 Å². The maximum Gasteiger partial charge on any atom is 0.0714 e. The van der Waals surface area contributed by atoms with Gasteiger partial charge in [0.05, 0.1) is 25.3 Å². The van der Waals surface area contributed by atoms with E-state index in [0.29, 0.717) is 13.2 Å². The first-order chi connectivity index (χ1) is 5.38. The van der Waals surface area contributed by atoms with E-state index in [0.717, 1.165) is 0 Å². The minimum Gasteiger partial charge on any atom is -0.381 e. The van der Waals surface area contributed by atoms with Crippen molar-refractivity contribution in [3.8, 4) is 0 Å². The van der Waals surface area contributed by atoms with Crippen LogP contribution in [0.1, 0.15) is 0 Å². The molecule has 0 spiro atoms. The highest BCUT2D eigenvalue weighted by atomic mass is 16.5. The van der Waals surface area contributed by atoms with Gasteiger partial charge in [0.1, 0.15) is 0 Å². The molecule has 1 fully saturated rings. The summed E-state index contributed by atoms with van der Waals surface area (Å²) in [5.41, 5.74) is 16.2. The molecule has 1 aliphatic rings. The monoisotopic (exact) mass is 154 g/mol. The first-order valence-corrected chi connectivity index (χ1v) is 3.04. The number of azide groups is 2. The molecule has 7 nitrogen and oxygen atoms in total. The van der Waals surface area contributed by atoms with Crippen LogP contribution < -0.4 is 0 Å². The molecular formula is C4H6N6O. The Morgan fingerprint density at radius 1 is 1.09 bits per heavy atom. The number of rotatable bonds is 2. The fourth-order valence-corrected chi connectivity index (χ4v) is 0.885. The van der Waals surface area contributed by atoms with Crippen LogP contribution in [0.2, 0.25) is 0 Å². The van der Waals surface area contributed by atoms with Gasteiger partial charge in [0.2, 0.25) is 0 Å². The van der Waals surface area contributed by atoms with Crippen LogP contribution in [0, 0.1) is 0 Å². The molecule has 58 valence electrons. The lowest BCUT2D eigenvalue weighted by molar-refractivity contribution is 0.191. The maximum atomic E-state index is 8.08. The Balaban J connectivity index is 2.64. The van der Waals surface area contributed by atoms with Crippen molar-refractivity contribution in [3.63, 3.8) is 0 Å². The van der Waals surface area contributed by atoms with E-state index >= 15 is 0 Å². The predicted molar refractivity (Wildman–Crippen MR) is 36.7 cm³/mol. The number of ether oxygens (including phenoxy) is 1. The van der Waals surface area contributed by atoms with Gasteiger partial charge in [-0.05, 0) is 11.1 Å². The first kappa shape index (κ1) is 7.68. The topological polar surface area (TPSA) is 107 Å². The minimum atomic E-state index is -0.337. The van der Waals surface area contributed by atoms with Gasteiger partial charge in [-0.1, -0.05) is 10.2 Å². The van der Waals surface area contributed by atoms with E-state index in [-0.39, 0.29) is 12.1 Å². The summed E-state index contributed by atoms with van der Waals surface area (Å²) < 4.78 is 4.95. The van der Waals surface area contributed by atoms with Gasteiger partial charge < -0.3 is 4.74 Å². The summed E-state index contributed by atoms with van der Waals surface area (Å²) in [4.78, 5) is 5.22. The molecule has 0 bridgehead atoms. The molecule has 0 aliphatic carbocycles. The summed E-state index contributed by atoms with van der Waals surface area (Å²) in [5.74, 6) is 0. The van der Waals surface area contributed by atoms with Crippen molar-refractivity contribution in [2.45, 2.75) is 12.1 Å². The van der Waals surface area contributed by atoms with Gasteiger partial charge in [-0.15, -0.1) is 0 Å². The van der Waals surface area contributed by atoms with Crippen LogP contribution in [-0.2, 0) is 4.74 Å². The molecule has 1 rings (SSSR count). The largest absolute Gasteiger partial charge is 0.381 e. The van der Waals surface area contributed by atoms with Crippen molar-refractivity contribution >= 4 is 0 Å². The van der Waals surface area contributed by atoms with E-state index in [1.54, 1.807) is 0 Å². The molecule has 0 aromatic carbocycles. The molecule has 0 aromatic heterocycles. The highest BCUT2D eigenvalue weighted by Crippen LogP contribution is 2.13. The van der Waals surface area contributed by atoms with Gasteiger partial charge in [0, 0.05) is 9.82 Å². The van der Waals surface area contributed by atoms with Crippen molar-refractivity contribution in [3.05, 3.63) is 20.9 Å². The summed E-state index contributed by atoms with van der Waals surface area (Å²) in [6.45, 7) is 0.682. The number of hydrogen-bond acceptors (Lipinski definition) is 3. The molecule has 11 heavy (non-hydrogen) atoms. The predicted octanol–water partition coefficient (Wildman–Crippen LogP) is 1.37. The molecule has 0 N–H and O–H groups in total. The third-order valence-corrected chi connectivity index (χ3v) is 1.42. The average molecular weight is 154 g/mol. The zero-order valence-electron chi connectivity index (χ0n) is 5.66. The molecule has 0 amide bonds. The van der Waals surface area contributed by atoms with E-state index in [2.05, 4.69) is 20.1 Å². The fraction of sp³-hybridized carbons (Fsp3) is 1.00. The fourth-order valence-electron chi connectivity index (χ4n) is 0.885. The zero-order valence-corrected chi connectivity index (χ0v) is 5.66. The molecule has 0 radical (unpaired) electrons. The molecule has 0 aromatic rings. The van der Waals surface area contributed by atoms with E-state index in [1.165, 1.54) is 0 Å². The third-order valence-electron chi connectivity index (χ3n) is 1.42. The van der Waals surface area contributed by atoms with Crippen LogP contribution in [0.25, 0.3) is 20.9 Å². The normalized spacial score (nSPS) is 28.7. The average Bonchev–Trinajstić information content (AvgIpc) is 2.39. The van der Waals surface area contributed by atoms with Gasteiger partial charge in [-0.3, -0.25) is 0 Å². The second-order valence-corrected chi connectivity index (χ2v) is 2.08. The Morgan fingerprint density at radius 2 is 1.55 bits per heavy atom. The van der Waals surface area contributed by atoms with Crippen LogP contribution in [-0.4, -0.2) is 25.3 Å². The van der Waals surface area contributed by atoms with Crippen molar-refractivity contribution in [2.24, 2.45) is 10.2 Å². The maximum absolute atomic E-state index is 8.08. The number of nitrogens with zero attached hydrogens (tertiary/aromatic N) is 6. The Morgan fingerprint density at radius 3 is 1.91 bits per heavy atom. The van der Waals surface area contributed by atoms with Gasteiger partial charge in [-0.2, -0.15) is 0 Å². The smallest absolute Gasteiger partial charge is 0.0714 e. The Labute approximate surface area is 62.2 Å². The summed E-state index contributed by atoms with van der Waals surface area (Å²) >= 11 is 0. The highest BCUT2D eigenvalue weighted by molar-refractivity contribution is 4.87. The standard InChI is InChI=1S/C4H6N6O/c5-9-7-3-1-11-2-4(3)8-10-6/h3-4H,1-2H2/t3-,4-/m1/s1. The Hall–Kier alpha value is -1.42. The highest BCUT2D eigenvalue weighted by Gasteiger charge is 2.25. The second kappa shape index (κ2) is 3.68. The summed E-state index contributed by atoms with van der Waals surface area (Å²) in [5, 5.41) is 6.83. The van der Waals surface area contributed by atoms with Crippen LogP contribution in [0.3, 0.4) is 0 Å². The van der Waals surface area contributed by atoms with E-state index in [4.69, 9.17) is 15.8 Å². The molecule has 7 heteroatoms. The quantitative estimate of drug-likeness (QED) is 0.334. The lowest BCUT2D eigenvalue weighted by Crippen LogP contribution is -2.18. The minimum absolute atomic E-state index is 0.337. The lowest BCUT2D eigenvalue weighted by Gasteiger charge is -2.02. The van der Waals surface area contributed by atoms with Crippen molar-refractivity contribution in [2.75, 3.05) is 13.2 Å². The van der Waals surface area contributed by atoms with Crippen molar-refractivity contribution in [1.29, 1.82) is 0 Å². The molecule has 2 atom stereocenters. The Kier molecular flexibility index (Phi) is 2.57. The van der Waals surface area contributed by atoms with Crippen LogP contribution >= 0.6 is 0 Å². The molecule has 1 heterocycles. The van der Waals surface area contributed by atoms with Gasteiger partial charge >= 0.3 is 0 Å². The van der Waals surface area contributed by atoms with E-state index < -0.39 is 0 Å². The molecular weight excluding hydrogens is 148 g/mol. The van der Waals surface area contributed by atoms with E-state index in [9.17, 15) is 0 Å². The van der Waals surface area contributed by atoms with Crippen LogP contribution in [0.15, 0.2) is 10.2 Å². The summed E-state index contributed by atoms with van der Waals surface area (Å²) in [6.07, 6.45) is 0. The third kappa shape index (κ3) is 1.75. The zero-order chi connectivity index (χ0) is 8.10. The Bertz CT molecular complexity index is 203. The van der Waals surface area contributed by atoms with Crippen LogP contribution in [0.4, 0.5) is 0 Å². The SMILES string of the molecule is [N-]=[N+]=N[C@@H]1COC[C@H]1N=[N+]=[N-]. The molecule has 0 saturated carbocycles. The lowest BCUT2D eigenvalue weighted by atomic mass is 10.2.